The van der Waals surface area contributed by atoms with Gasteiger partial charge in [-0.25, -0.2) is 4.79 Å². The van der Waals surface area contributed by atoms with E-state index >= 15 is 0 Å². The molecule has 0 spiro atoms. The molecule has 1 fully saturated rings. The molecular weight excluding hydrogens is 342 g/mol. The number of carboxylic acids is 1. The highest BCUT2D eigenvalue weighted by Crippen LogP contribution is 2.34. The summed E-state index contributed by atoms with van der Waals surface area (Å²) in [6.45, 7) is 4.04. The largest absolute Gasteiger partial charge is 0.479 e. The first-order valence-electron chi connectivity index (χ1n) is 8.67. The molecule has 1 saturated heterocycles. The molecule has 0 radical (unpaired) electrons. The topological polar surface area (TPSA) is 142 Å². The summed E-state index contributed by atoms with van der Waals surface area (Å²) in [5.41, 5.74) is 5.22. The highest BCUT2D eigenvalue weighted by Gasteiger charge is 2.46. The van der Waals surface area contributed by atoms with Crippen molar-refractivity contribution >= 4 is 5.97 Å². The van der Waals surface area contributed by atoms with Gasteiger partial charge in [0.15, 0.2) is 12.4 Å². The standard InChI is InChI=1S/C18H27NO7/c1-3-18(24,10(2)9-19)11-5-4-6-12(7-11)25-14(20)8-13-15(21)16(26-13)17(22)23/h4-7,10,13-16,20-21,24H,3,8-9,19H2,1-2H3,(H,22,23)/t10?,13-,14?,15?,16?,18?/m0/s1. The molecule has 1 aliphatic heterocycles. The molecule has 6 N–H and O–H groups in total. The van der Waals surface area contributed by atoms with Crippen molar-refractivity contribution < 1.29 is 34.7 Å². The van der Waals surface area contributed by atoms with Crippen LogP contribution in [-0.2, 0) is 15.1 Å². The number of hydrogen-bond donors (Lipinski definition) is 5. The normalized spacial score (nSPS) is 27.1. The van der Waals surface area contributed by atoms with Crippen LogP contribution in [-0.4, -0.2) is 57.5 Å². The van der Waals surface area contributed by atoms with Crippen molar-refractivity contribution in [1.82, 2.24) is 0 Å². The van der Waals surface area contributed by atoms with Crippen molar-refractivity contribution in [3.05, 3.63) is 29.8 Å². The average Bonchev–Trinajstić information content (AvgIpc) is 2.62. The van der Waals surface area contributed by atoms with Gasteiger partial charge in [-0.2, -0.15) is 0 Å². The van der Waals surface area contributed by atoms with E-state index < -0.39 is 36.2 Å². The van der Waals surface area contributed by atoms with Crippen LogP contribution in [0.3, 0.4) is 0 Å². The van der Waals surface area contributed by atoms with Crippen molar-refractivity contribution in [3.8, 4) is 5.75 Å². The third kappa shape index (κ3) is 4.16. The summed E-state index contributed by atoms with van der Waals surface area (Å²) in [4.78, 5) is 10.7. The van der Waals surface area contributed by atoms with Crippen LogP contribution in [0.2, 0.25) is 0 Å². The second-order valence-corrected chi connectivity index (χ2v) is 6.67. The van der Waals surface area contributed by atoms with Gasteiger partial charge in [-0.05, 0) is 30.7 Å². The summed E-state index contributed by atoms with van der Waals surface area (Å²) >= 11 is 0. The zero-order chi connectivity index (χ0) is 19.5. The second kappa shape index (κ2) is 8.32. The number of carboxylic acid groups (broad SMARTS) is 1. The average molecular weight is 369 g/mol. The molecule has 1 aliphatic rings. The van der Waals surface area contributed by atoms with Crippen LogP contribution in [0, 0.1) is 5.92 Å². The smallest absolute Gasteiger partial charge is 0.335 e. The van der Waals surface area contributed by atoms with Crippen molar-refractivity contribution in [2.75, 3.05) is 6.54 Å². The van der Waals surface area contributed by atoms with E-state index in [1.54, 1.807) is 24.3 Å². The van der Waals surface area contributed by atoms with Crippen LogP contribution in [0.25, 0.3) is 0 Å². The zero-order valence-electron chi connectivity index (χ0n) is 14.9. The third-order valence-electron chi connectivity index (χ3n) is 5.00. The van der Waals surface area contributed by atoms with E-state index in [1.807, 2.05) is 13.8 Å². The third-order valence-corrected chi connectivity index (χ3v) is 5.00. The molecular formula is C18H27NO7. The predicted molar refractivity (Wildman–Crippen MR) is 92.4 cm³/mol. The van der Waals surface area contributed by atoms with E-state index in [9.17, 15) is 20.1 Å². The molecule has 1 heterocycles. The fourth-order valence-corrected chi connectivity index (χ4v) is 3.13. The van der Waals surface area contributed by atoms with Crippen molar-refractivity contribution in [2.45, 2.75) is 56.9 Å². The number of aliphatic hydroxyl groups excluding tert-OH is 2. The fourth-order valence-electron chi connectivity index (χ4n) is 3.13. The van der Waals surface area contributed by atoms with Gasteiger partial charge in [-0.15, -0.1) is 0 Å². The van der Waals surface area contributed by atoms with Crippen LogP contribution < -0.4 is 10.5 Å². The van der Waals surface area contributed by atoms with Gasteiger partial charge in [-0.1, -0.05) is 26.0 Å². The van der Waals surface area contributed by atoms with Gasteiger partial charge in [0.2, 0.25) is 0 Å². The summed E-state index contributed by atoms with van der Waals surface area (Å²) < 4.78 is 10.5. The first-order valence-corrected chi connectivity index (χ1v) is 8.67. The summed E-state index contributed by atoms with van der Waals surface area (Å²) in [6, 6.07) is 6.74. The minimum Gasteiger partial charge on any atom is -0.479 e. The molecule has 0 saturated carbocycles. The minimum atomic E-state index is -1.29. The van der Waals surface area contributed by atoms with Crippen LogP contribution in [0.15, 0.2) is 24.3 Å². The molecule has 1 aromatic carbocycles. The summed E-state index contributed by atoms with van der Waals surface area (Å²) in [5, 5.41) is 39.4. The van der Waals surface area contributed by atoms with E-state index in [0.717, 1.165) is 0 Å². The molecule has 5 unspecified atom stereocenters. The molecule has 2 rings (SSSR count). The van der Waals surface area contributed by atoms with Gasteiger partial charge in [-0.3, -0.25) is 0 Å². The number of aliphatic hydroxyl groups is 3. The number of rotatable bonds is 9. The fraction of sp³-hybridized carbons (Fsp3) is 0.611. The Hall–Kier alpha value is -1.71. The molecule has 26 heavy (non-hydrogen) atoms. The lowest BCUT2D eigenvalue weighted by molar-refractivity contribution is -0.242. The maximum Gasteiger partial charge on any atom is 0.335 e. The number of nitrogens with two attached hydrogens (primary N) is 1. The molecule has 0 amide bonds. The zero-order valence-corrected chi connectivity index (χ0v) is 14.9. The highest BCUT2D eigenvalue weighted by atomic mass is 16.6. The summed E-state index contributed by atoms with van der Waals surface area (Å²) in [7, 11) is 0. The summed E-state index contributed by atoms with van der Waals surface area (Å²) in [5.74, 6) is -1.07. The molecule has 0 aromatic heterocycles. The van der Waals surface area contributed by atoms with E-state index in [4.69, 9.17) is 20.3 Å². The van der Waals surface area contributed by atoms with E-state index in [0.29, 0.717) is 24.3 Å². The van der Waals surface area contributed by atoms with Gasteiger partial charge in [0, 0.05) is 12.3 Å². The number of benzene rings is 1. The Kier molecular flexibility index (Phi) is 6.59. The first-order chi connectivity index (χ1) is 12.2. The highest BCUT2D eigenvalue weighted by molar-refractivity contribution is 5.74. The number of ether oxygens (including phenoxy) is 2. The Morgan fingerprint density at radius 1 is 1.46 bits per heavy atom. The maximum atomic E-state index is 10.9. The predicted octanol–water partition coefficient (Wildman–Crippen LogP) is 0.179. The quantitative estimate of drug-likeness (QED) is 0.388. The number of aliphatic carboxylic acids is 1. The van der Waals surface area contributed by atoms with Crippen LogP contribution in [0.4, 0.5) is 0 Å². The van der Waals surface area contributed by atoms with E-state index in [2.05, 4.69) is 0 Å². The second-order valence-electron chi connectivity index (χ2n) is 6.67. The SMILES string of the molecule is CCC(O)(c1cccc(OC(O)C[C@@H]2OC(C(=O)O)C2O)c1)C(C)CN. The van der Waals surface area contributed by atoms with Gasteiger partial charge in [0.1, 0.15) is 11.9 Å². The van der Waals surface area contributed by atoms with E-state index in [-0.39, 0.29) is 12.3 Å². The minimum absolute atomic E-state index is 0.0770. The molecule has 6 atom stereocenters. The Balaban J connectivity index is 2.01. The van der Waals surface area contributed by atoms with Crippen molar-refractivity contribution in [3.63, 3.8) is 0 Å². The van der Waals surface area contributed by atoms with Crippen LogP contribution >= 0.6 is 0 Å². The molecule has 0 bridgehead atoms. The van der Waals surface area contributed by atoms with Crippen LogP contribution in [0.1, 0.15) is 32.3 Å². The van der Waals surface area contributed by atoms with Crippen LogP contribution in [0.5, 0.6) is 5.75 Å². The molecule has 8 heteroatoms. The van der Waals surface area contributed by atoms with Gasteiger partial charge in [0.05, 0.1) is 11.7 Å². The van der Waals surface area contributed by atoms with E-state index in [1.165, 1.54) is 0 Å². The Bertz CT molecular complexity index is 625. The van der Waals surface area contributed by atoms with Crippen molar-refractivity contribution in [2.24, 2.45) is 11.7 Å². The lowest BCUT2D eigenvalue weighted by atomic mass is 9.80. The van der Waals surface area contributed by atoms with Crippen molar-refractivity contribution in [1.29, 1.82) is 0 Å². The Morgan fingerprint density at radius 2 is 2.15 bits per heavy atom. The molecule has 8 nitrogen and oxygen atoms in total. The first kappa shape index (κ1) is 20.6. The monoisotopic (exact) mass is 369 g/mol. The molecule has 146 valence electrons. The van der Waals surface area contributed by atoms with Gasteiger partial charge < -0.3 is 35.6 Å². The Labute approximate surface area is 152 Å². The summed E-state index contributed by atoms with van der Waals surface area (Å²) in [6.07, 6.45) is -4.16. The maximum absolute atomic E-state index is 10.9. The van der Waals surface area contributed by atoms with Gasteiger partial charge >= 0.3 is 5.97 Å². The lowest BCUT2D eigenvalue weighted by Crippen LogP contribution is -2.58. The molecule has 0 aliphatic carbocycles. The van der Waals surface area contributed by atoms with Gasteiger partial charge in [0.25, 0.3) is 0 Å². The molecule has 1 aromatic rings. The number of hydrogen-bond acceptors (Lipinski definition) is 7. The Morgan fingerprint density at radius 3 is 2.69 bits per heavy atom. The number of carbonyl (C=O) groups is 1. The lowest BCUT2D eigenvalue weighted by Gasteiger charge is -2.39.